The van der Waals surface area contributed by atoms with E-state index >= 15 is 0 Å². The molecule has 40 heavy (non-hydrogen) atoms. The summed E-state index contributed by atoms with van der Waals surface area (Å²) in [5.41, 5.74) is 1.33. The third-order valence-electron chi connectivity index (χ3n) is 9.21. The van der Waals surface area contributed by atoms with Crippen molar-refractivity contribution in [3.8, 4) is 0 Å². The van der Waals surface area contributed by atoms with Crippen molar-refractivity contribution >= 4 is 11.9 Å². The lowest BCUT2D eigenvalue weighted by Crippen LogP contribution is -2.56. The van der Waals surface area contributed by atoms with Crippen molar-refractivity contribution in [2.75, 3.05) is 50.8 Å². The summed E-state index contributed by atoms with van der Waals surface area (Å²) in [4.78, 5) is 29.2. The van der Waals surface area contributed by atoms with Crippen LogP contribution >= 0.6 is 0 Å². The lowest BCUT2D eigenvalue weighted by molar-refractivity contribution is -0.127. The molecule has 4 heterocycles. The van der Waals surface area contributed by atoms with Crippen molar-refractivity contribution in [2.45, 2.75) is 128 Å². The molecule has 1 aromatic rings. The Balaban J connectivity index is 1.03. The third kappa shape index (κ3) is 9.38. The fourth-order valence-corrected chi connectivity index (χ4v) is 6.71. The fourth-order valence-electron chi connectivity index (χ4n) is 6.71. The van der Waals surface area contributed by atoms with Gasteiger partial charge in [0.2, 0.25) is 11.9 Å². The highest BCUT2D eigenvalue weighted by Crippen LogP contribution is 2.34. The number of amides is 1. The highest BCUT2D eigenvalue weighted by Gasteiger charge is 2.41. The van der Waals surface area contributed by atoms with Crippen LogP contribution < -0.4 is 10.2 Å². The Morgan fingerprint density at radius 3 is 2.10 bits per heavy atom. The van der Waals surface area contributed by atoms with Gasteiger partial charge in [-0.1, -0.05) is 32.1 Å². The van der Waals surface area contributed by atoms with E-state index in [1.807, 2.05) is 13.8 Å². The molecule has 8 heteroatoms. The Morgan fingerprint density at radius 1 is 0.900 bits per heavy atom. The van der Waals surface area contributed by atoms with Crippen LogP contribution in [0.25, 0.3) is 0 Å². The smallest absolute Gasteiger partial charge is 0.246 e. The molecule has 3 aliphatic heterocycles. The molecule has 3 saturated heterocycles. The molecule has 2 atom stereocenters. The van der Waals surface area contributed by atoms with E-state index < -0.39 is 0 Å². The minimum atomic E-state index is 0.00171. The first-order valence-electron chi connectivity index (χ1n) is 16.4. The minimum Gasteiger partial charge on any atom is -0.369 e. The van der Waals surface area contributed by atoms with Gasteiger partial charge in [-0.3, -0.25) is 9.69 Å². The SMILES string of the molecule is CC(C)OCC(=O)NCCCCCCCCCN1CCC(c2cnc(N3C4CCC3CN(C(C)C)C4)nc2)CC1. The van der Waals surface area contributed by atoms with E-state index in [9.17, 15) is 4.79 Å². The number of ether oxygens (including phenoxy) is 1. The van der Waals surface area contributed by atoms with Gasteiger partial charge in [0.15, 0.2) is 0 Å². The molecule has 1 amide bonds. The van der Waals surface area contributed by atoms with Gasteiger partial charge in [0.1, 0.15) is 6.61 Å². The van der Waals surface area contributed by atoms with Crippen molar-refractivity contribution < 1.29 is 9.53 Å². The lowest BCUT2D eigenvalue weighted by Gasteiger charge is -2.42. The number of hydrogen-bond acceptors (Lipinski definition) is 7. The molecular weight excluding hydrogens is 500 g/mol. The van der Waals surface area contributed by atoms with Gasteiger partial charge in [-0.25, -0.2) is 9.97 Å². The number of nitrogens with zero attached hydrogens (tertiary/aromatic N) is 5. The normalized spacial score (nSPS) is 22.5. The van der Waals surface area contributed by atoms with Crippen LogP contribution in [-0.4, -0.2) is 95.8 Å². The quantitative estimate of drug-likeness (QED) is 0.288. The minimum absolute atomic E-state index is 0.00171. The molecule has 8 nitrogen and oxygen atoms in total. The number of piperazine rings is 1. The molecule has 1 aromatic heterocycles. The van der Waals surface area contributed by atoms with Crippen molar-refractivity contribution in [3.05, 3.63) is 18.0 Å². The van der Waals surface area contributed by atoms with E-state index in [1.165, 1.54) is 89.4 Å². The second-order valence-electron chi connectivity index (χ2n) is 13.0. The molecule has 0 aromatic carbocycles. The Kier molecular flexibility index (Phi) is 12.5. The average molecular weight is 557 g/mol. The topological polar surface area (TPSA) is 73.8 Å². The maximum atomic E-state index is 11.6. The monoisotopic (exact) mass is 556 g/mol. The summed E-state index contributed by atoms with van der Waals surface area (Å²) < 4.78 is 5.32. The molecule has 0 aliphatic carbocycles. The second-order valence-corrected chi connectivity index (χ2v) is 13.0. The van der Waals surface area contributed by atoms with E-state index in [1.54, 1.807) is 0 Å². The molecule has 4 rings (SSSR count). The first-order valence-corrected chi connectivity index (χ1v) is 16.4. The van der Waals surface area contributed by atoms with Gasteiger partial charge in [0, 0.05) is 50.2 Å². The highest BCUT2D eigenvalue weighted by atomic mass is 16.5. The van der Waals surface area contributed by atoms with Gasteiger partial charge >= 0.3 is 0 Å². The Morgan fingerprint density at radius 2 is 1.50 bits per heavy atom. The summed E-state index contributed by atoms with van der Waals surface area (Å²) in [5.74, 6) is 1.56. The molecule has 2 unspecified atom stereocenters. The Labute approximate surface area is 243 Å². The molecular formula is C32H56N6O2. The zero-order chi connectivity index (χ0) is 28.3. The van der Waals surface area contributed by atoms with Crippen molar-refractivity contribution in [1.82, 2.24) is 25.1 Å². The average Bonchev–Trinajstić information content (AvgIpc) is 3.21. The molecule has 0 spiro atoms. The summed E-state index contributed by atoms with van der Waals surface area (Å²) in [5, 5.41) is 2.94. The predicted octanol–water partition coefficient (Wildman–Crippen LogP) is 4.99. The molecule has 0 saturated carbocycles. The number of piperidine rings is 1. The number of rotatable bonds is 16. The maximum Gasteiger partial charge on any atom is 0.246 e. The van der Waals surface area contributed by atoms with E-state index in [4.69, 9.17) is 14.7 Å². The Bertz CT molecular complexity index is 857. The number of fused-ring (bicyclic) bond motifs is 2. The van der Waals surface area contributed by atoms with Crippen LogP contribution in [0.4, 0.5) is 5.95 Å². The number of hydrogen-bond donors (Lipinski definition) is 1. The van der Waals surface area contributed by atoms with Crippen LogP contribution in [0, 0.1) is 0 Å². The van der Waals surface area contributed by atoms with E-state index in [0.717, 1.165) is 32.0 Å². The molecule has 1 N–H and O–H groups in total. The fraction of sp³-hybridized carbons (Fsp3) is 0.844. The number of nitrogens with one attached hydrogen (secondary N) is 1. The van der Waals surface area contributed by atoms with E-state index in [0.29, 0.717) is 24.0 Å². The van der Waals surface area contributed by atoms with E-state index in [-0.39, 0.29) is 18.6 Å². The van der Waals surface area contributed by atoms with E-state index in [2.05, 4.69) is 46.3 Å². The Hall–Kier alpha value is -1.77. The number of aromatic nitrogens is 2. The van der Waals surface area contributed by atoms with Crippen LogP contribution in [0.15, 0.2) is 12.4 Å². The standard InChI is InChI=1S/C32H56N6O2/c1-25(2)37-22-29-12-13-30(23-37)38(29)32-34-20-28(21-35-32)27-14-18-36(19-15-27)17-11-9-7-5-6-8-10-16-33-31(39)24-40-26(3)4/h20-21,25-27,29-30H,5-19,22-24H2,1-4H3,(H,33,39). The summed E-state index contributed by atoms with van der Waals surface area (Å²) in [6, 6.07) is 1.77. The van der Waals surface area contributed by atoms with Crippen molar-refractivity contribution in [2.24, 2.45) is 0 Å². The summed E-state index contributed by atoms with van der Waals surface area (Å²) in [6.45, 7) is 15.4. The summed E-state index contributed by atoms with van der Waals surface area (Å²) >= 11 is 0. The van der Waals surface area contributed by atoms with Gasteiger partial charge < -0.3 is 19.9 Å². The molecule has 0 radical (unpaired) electrons. The highest BCUT2D eigenvalue weighted by molar-refractivity contribution is 5.77. The van der Waals surface area contributed by atoms with Crippen LogP contribution in [0.1, 0.15) is 110 Å². The zero-order valence-corrected chi connectivity index (χ0v) is 25.8. The van der Waals surface area contributed by atoms with Crippen LogP contribution in [-0.2, 0) is 9.53 Å². The maximum absolute atomic E-state index is 11.6. The number of carbonyl (C=O) groups is 1. The van der Waals surface area contributed by atoms with Crippen LogP contribution in [0.3, 0.4) is 0 Å². The predicted molar refractivity (Wildman–Crippen MR) is 163 cm³/mol. The van der Waals surface area contributed by atoms with Crippen LogP contribution in [0.2, 0.25) is 0 Å². The molecule has 3 fully saturated rings. The molecule has 2 bridgehead atoms. The van der Waals surface area contributed by atoms with Gasteiger partial charge in [-0.05, 0) is 97.3 Å². The summed E-state index contributed by atoms with van der Waals surface area (Å²) in [7, 11) is 0. The van der Waals surface area contributed by atoms with Gasteiger partial charge in [0.05, 0.1) is 6.10 Å². The van der Waals surface area contributed by atoms with Crippen molar-refractivity contribution in [3.63, 3.8) is 0 Å². The summed E-state index contributed by atoms with van der Waals surface area (Å²) in [6.07, 6.45) is 18.1. The second kappa shape index (κ2) is 16.0. The van der Waals surface area contributed by atoms with Gasteiger partial charge in [-0.15, -0.1) is 0 Å². The van der Waals surface area contributed by atoms with Crippen LogP contribution in [0.5, 0.6) is 0 Å². The number of carbonyl (C=O) groups excluding carboxylic acids is 1. The number of anilines is 1. The van der Waals surface area contributed by atoms with Crippen molar-refractivity contribution in [1.29, 1.82) is 0 Å². The lowest BCUT2D eigenvalue weighted by atomic mass is 9.91. The first-order chi connectivity index (χ1) is 19.4. The van der Waals surface area contributed by atoms with Gasteiger partial charge in [0.25, 0.3) is 0 Å². The third-order valence-corrected chi connectivity index (χ3v) is 9.21. The molecule has 3 aliphatic rings. The largest absolute Gasteiger partial charge is 0.369 e. The molecule has 226 valence electrons. The van der Waals surface area contributed by atoms with Gasteiger partial charge in [-0.2, -0.15) is 0 Å². The number of likely N-dealkylation sites (tertiary alicyclic amines) is 2. The first kappa shape index (κ1) is 31.2. The zero-order valence-electron chi connectivity index (χ0n) is 25.8. The number of unbranched alkanes of at least 4 members (excludes halogenated alkanes) is 6.